The van der Waals surface area contributed by atoms with Gasteiger partial charge >= 0.3 is 0 Å². The Kier molecular flexibility index (Phi) is 3.53. The van der Waals surface area contributed by atoms with E-state index in [0.29, 0.717) is 12.1 Å². The van der Waals surface area contributed by atoms with E-state index in [0.717, 1.165) is 37.3 Å². The molecule has 0 bridgehead atoms. The predicted molar refractivity (Wildman–Crippen MR) is 76.0 cm³/mol. The Labute approximate surface area is 113 Å². The minimum Gasteiger partial charge on any atom is -0.378 e. The van der Waals surface area contributed by atoms with Gasteiger partial charge in [0.2, 0.25) is 0 Å². The van der Waals surface area contributed by atoms with Gasteiger partial charge in [0.15, 0.2) is 0 Å². The molecule has 1 N–H and O–H groups in total. The van der Waals surface area contributed by atoms with Crippen molar-refractivity contribution < 1.29 is 4.74 Å². The van der Waals surface area contributed by atoms with Crippen molar-refractivity contribution in [1.82, 2.24) is 14.9 Å². The molecule has 2 heterocycles. The van der Waals surface area contributed by atoms with Crippen LogP contribution in [0.5, 0.6) is 0 Å². The summed E-state index contributed by atoms with van der Waals surface area (Å²) in [5, 5.41) is 3.61. The monoisotopic (exact) mass is 259 g/mol. The summed E-state index contributed by atoms with van der Waals surface area (Å²) in [7, 11) is 2.08. The first-order chi connectivity index (χ1) is 9.24. The van der Waals surface area contributed by atoms with E-state index in [1.807, 2.05) is 6.07 Å². The summed E-state index contributed by atoms with van der Waals surface area (Å²) < 4.78 is 7.74. The van der Waals surface area contributed by atoms with Gasteiger partial charge < -0.3 is 14.6 Å². The van der Waals surface area contributed by atoms with Gasteiger partial charge in [-0.2, -0.15) is 0 Å². The van der Waals surface area contributed by atoms with Gasteiger partial charge in [-0.1, -0.05) is 12.1 Å². The minimum atomic E-state index is 0.367. The van der Waals surface area contributed by atoms with E-state index in [2.05, 4.69) is 47.0 Å². The number of fused-ring (bicyclic) bond motifs is 1. The Balaban J connectivity index is 1.69. The SMILES string of the molecule is CC1CC(NCc2nc3ccccc3n2C)CCO1. The molecule has 0 amide bonds. The number of nitrogens with zero attached hydrogens (tertiary/aromatic N) is 2. The molecule has 102 valence electrons. The first-order valence-corrected chi connectivity index (χ1v) is 6.99. The van der Waals surface area contributed by atoms with Crippen LogP contribution in [-0.4, -0.2) is 28.3 Å². The van der Waals surface area contributed by atoms with Crippen LogP contribution in [0, 0.1) is 0 Å². The second-order valence-corrected chi connectivity index (χ2v) is 5.36. The summed E-state index contributed by atoms with van der Waals surface area (Å²) in [5.41, 5.74) is 2.27. The van der Waals surface area contributed by atoms with Gasteiger partial charge in [0.1, 0.15) is 5.82 Å². The summed E-state index contributed by atoms with van der Waals surface area (Å²) in [5.74, 6) is 1.10. The summed E-state index contributed by atoms with van der Waals surface area (Å²) in [4.78, 5) is 4.68. The molecule has 4 nitrogen and oxygen atoms in total. The summed E-state index contributed by atoms with van der Waals surface area (Å²) in [6.45, 7) is 3.83. The van der Waals surface area contributed by atoms with E-state index >= 15 is 0 Å². The van der Waals surface area contributed by atoms with Crippen LogP contribution in [0.2, 0.25) is 0 Å². The van der Waals surface area contributed by atoms with Crippen LogP contribution >= 0.6 is 0 Å². The molecule has 1 fully saturated rings. The van der Waals surface area contributed by atoms with Crippen molar-refractivity contribution in [2.45, 2.75) is 38.5 Å². The van der Waals surface area contributed by atoms with E-state index in [1.54, 1.807) is 0 Å². The fraction of sp³-hybridized carbons (Fsp3) is 0.533. The van der Waals surface area contributed by atoms with Gasteiger partial charge in [-0.25, -0.2) is 4.98 Å². The quantitative estimate of drug-likeness (QED) is 0.918. The summed E-state index contributed by atoms with van der Waals surface area (Å²) in [6.07, 6.45) is 2.55. The number of ether oxygens (including phenoxy) is 1. The topological polar surface area (TPSA) is 39.1 Å². The Morgan fingerprint density at radius 2 is 2.26 bits per heavy atom. The van der Waals surface area contributed by atoms with Crippen molar-refractivity contribution in [3.63, 3.8) is 0 Å². The van der Waals surface area contributed by atoms with Crippen molar-refractivity contribution in [3.05, 3.63) is 30.1 Å². The number of aromatic nitrogens is 2. The van der Waals surface area contributed by atoms with Crippen LogP contribution < -0.4 is 5.32 Å². The second-order valence-electron chi connectivity index (χ2n) is 5.36. The highest BCUT2D eigenvalue weighted by Gasteiger charge is 2.19. The van der Waals surface area contributed by atoms with Crippen LogP contribution in [-0.2, 0) is 18.3 Å². The van der Waals surface area contributed by atoms with Gasteiger partial charge in [-0.3, -0.25) is 0 Å². The average Bonchev–Trinajstić information content (AvgIpc) is 2.74. The highest BCUT2D eigenvalue weighted by atomic mass is 16.5. The molecule has 1 aromatic heterocycles. The fourth-order valence-electron chi connectivity index (χ4n) is 2.77. The van der Waals surface area contributed by atoms with E-state index in [9.17, 15) is 0 Å². The van der Waals surface area contributed by atoms with Gasteiger partial charge in [0.05, 0.1) is 23.7 Å². The minimum absolute atomic E-state index is 0.367. The van der Waals surface area contributed by atoms with E-state index < -0.39 is 0 Å². The average molecular weight is 259 g/mol. The lowest BCUT2D eigenvalue weighted by Crippen LogP contribution is -2.38. The largest absolute Gasteiger partial charge is 0.378 e. The molecule has 2 aromatic rings. The molecule has 1 aromatic carbocycles. The highest BCUT2D eigenvalue weighted by Crippen LogP contribution is 2.16. The van der Waals surface area contributed by atoms with Crippen molar-refractivity contribution >= 4 is 11.0 Å². The lowest BCUT2D eigenvalue weighted by atomic mass is 10.0. The molecule has 1 aliphatic heterocycles. The molecule has 0 spiro atoms. The van der Waals surface area contributed by atoms with Gasteiger partial charge in [-0.15, -0.1) is 0 Å². The molecule has 1 saturated heterocycles. The standard InChI is InChI=1S/C15H21N3O/c1-11-9-12(7-8-19-11)16-10-15-17-13-5-3-4-6-14(13)18(15)2/h3-6,11-12,16H,7-10H2,1-2H3. The molecule has 4 heteroatoms. The first kappa shape index (κ1) is 12.6. The van der Waals surface area contributed by atoms with E-state index in [-0.39, 0.29) is 0 Å². The second kappa shape index (κ2) is 5.31. The zero-order chi connectivity index (χ0) is 13.2. The van der Waals surface area contributed by atoms with E-state index in [4.69, 9.17) is 4.74 Å². The Morgan fingerprint density at radius 1 is 1.42 bits per heavy atom. The molecule has 1 aliphatic rings. The number of imidazole rings is 1. The van der Waals surface area contributed by atoms with Gasteiger partial charge in [0, 0.05) is 19.7 Å². The van der Waals surface area contributed by atoms with Crippen LogP contribution in [0.25, 0.3) is 11.0 Å². The number of benzene rings is 1. The maximum Gasteiger partial charge on any atom is 0.123 e. The summed E-state index contributed by atoms with van der Waals surface area (Å²) >= 11 is 0. The smallest absolute Gasteiger partial charge is 0.123 e. The maximum absolute atomic E-state index is 5.57. The third-order valence-corrected chi connectivity index (χ3v) is 3.91. The Bertz CT molecular complexity index is 564. The number of aryl methyl sites for hydroxylation is 1. The van der Waals surface area contributed by atoms with Crippen LogP contribution in [0.3, 0.4) is 0 Å². The Hall–Kier alpha value is -1.39. The molecule has 0 aliphatic carbocycles. The normalized spacial score (nSPS) is 23.9. The molecule has 19 heavy (non-hydrogen) atoms. The Morgan fingerprint density at radius 3 is 3.05 bits per heavy atom. The van der Waals surface area contributed by atoms with Crippen LogP contribution in [0.1, 0.15) is 25.6 Å². The molecule has 3 rings (SSSR count). The van der Waals surface area contributed by atoms with Crippen molar-refractivity contribution in [2.75, 3.05) is 6.61 Å². The molecular formula is C15H21N3O. The van der Waals surface area contributed by atoms with Crippen molar-refractivity contribution in [1.29, 1.82) is 0 Å². The third kappa shape index (κ3) is 2.65. The lowest BCUT2D eigenvalue weighted by molar-refractivity contribution is 0.0129. The van der Waals surface area contributed by atoms with Gasteiger partial charge in [-0.05, 0) is 31.9 Å². The van der Waals surface area contributed by atoms with Crippen molar-refractivity contribution in [3.8, 4) is 0 Å². The molecular weight excluding hydrogens is 238 g/mol. The molecule has 0 radical (unpaired) electrons. The maximum atomic E-state index is 5.57. The van der Waals surface area contributed by atoms with Crippen LogP contribution in [0.4, 0.5) is 0 Å². The number of rotatable bonds is 3. The zero-order valence-electron chi connectivity index (χ0n) is 11.6. The van der Waals surface area contributed by atoms with Gasteiger partial charge in [0.25, 0.3) is 0 Å². The number of hydrogen-bond donors (Lipinski definition) is 1. The molecule has 2 unspecified atom stereocenters. The third-order valence-electron chi connectivity index (χ3n) is 3.91. The molecule has 2 atom stereocenters. The fourth-order valence-corrected chi connectivity index (χ4v) is 2.77. The number of nitrogens with one attached hydrogen (secondary N) is 1. The lowest BCUT2D eigenvalue weighted by Gasteiger charge is -2.27. The number of para-hydroxylation sites is 2. The van der Waals surface area contributed by atoms with Crippen LogP contribution in [0.15, 0.2) is 24.3 Å². The van der Waals surface area contributed by atoms with E-state index in [1.165, 1.54) is 5.52 Å². The van der Waals surface area contributed by atoms with Crippen molar-refractivity contribution in [2.24, 2.45) is 7.05 Å². The zero-order valence-corrected chi connectivity index (χ0v) is 11.6. The highest BCUT2D eigenvalue weighted by molar-refractivity contribution is 5.75. The number of hydrogen-bond acceptors (Lipinski definition) is 3. The predicted octanol–water partition coefficient (Wildman–Crippen LogP) is 2.23. The summed E-state index contributed by atoms with van der Waals surface area (Å²) in [6, 6.07) is 8.81. The first-order valence-electron chi connectivity index (χ1n) is 6.99. The molecule has 0 saturated carbocycles.